The lowest BCUT2D eigenvalue weighted by molar-refractivity contribution is -0.338. The maximum absolute atomic E-state index is 13.2. The summed E-state index contributed by atoms with van der Waals surface area (Å²) in [5, 5.41) is 0. The summed E-state index contributed by atoms with van der Waals surface area (Å²) in [5.74, 6) is 4.24. The molecular weight excluding hydrogens is 452 g/mol. The average molecular weight is 501 g/mol. The molecule has 5 nitrogen and oxygen atoms in total. The Bertz CT molecular complexity index is 884. The molecule has 5 heteroatoms. The number of ether oxygens (including phenoxy) is 3. The molecule has 12 atom stereocenters. The van der Waals surface area contributed by atoms with Crippen LogP contribution in [0.15, 0.2) is 0 Å². The second-order valence-electron chi connectivity index (χ2n) is 14.1. The predicted octanol–water partition coefficient (Wildman–Crippen LogP) is 6.53. The normalized spacial score (nSPS) is 49.9. The van der Waals surface area contributed by atoms with Crippen LogP contribution in [0.5, 0.6) is 0 Å². The summed E-state index contributed by atoms with van der Waals surface area (Å²) in [6, 6.07) is 0. The number of esters is 2. The molecule has 202 valence electrons. The molecule has 36 heavy (non-hydrogen) atoms. The van der Waals surface area contributed by atoms with Gasteiger partial charge in [0.15, 0.2) is 0 Å². The van der Waals surface area contributed by atoms with E-state index < -0.39 is 0 Å². The van der Waals surface area contributed by atoms with Crippen molar-refractivity contribution in [3.63, 3.8) is 0 Å². The van der Waals surface area contributed by atoms with Gasteiger partial charge in [-0.05, 0) is 111 Å². The molecule has 4 saturated carbocycles. The van der Waals surface area contributed by atoms with Crippen LogP contribution in [0.4, 0.5) is 0 Å². The Balaban J connectivity index is 1.23. The fourth-order valence-electron chi connectivity index (χ4n) is 11.0. The standard InChI is InChI=1S/C31H48O5/c1-6-19(17(2)3)15-26-27-25-10-9-24-22-8-7-20-16-21(34-18(4)32)11-13-30(20,5)23(22)12-14-31(24,25)29(35-26)36-28(27)33/h17,19-27,29H,6-16H2,1-5H3/t19?,20-,21+,22+,23-,24-,25+,26+,27+,29+,30-,31+/m0/s1. The number of carbonyl (C=O) groups excluding carboxylic acids is 2. The molecule has 1 unspecified atom stereocenters. The minimum Gasteiger partial charge on any atom is -0.463 e. The van der Waals surface area contributed by atoms with Crippen LogP contribution in [0.3, 0.4) is 0 Å². The zero-order valence-electron chi connectivity index (χ0n) is 23.2. The van der Waals surface area contributed by atoms with Crippen molar-refractivity contribution in [2.75, 3.05) is 0 Å². The zero-order chi connectivity index (χ0) is 25.4. The number of carbonyl (C=O) groups is 2. The van der Waals surface area contributed by atoms with Crippen LogP contribution in [0.2, 0.25) is 0 Å². The van der Waals surface area contributed by atoms with Gasteiger partial charge >= 0.3 is 11.9 Å². The van der Waals surface area contributed by atoms with E-state index in [2.05, 4.69) is 27.7 Å². The van der Waals surface area contributed by atoms with E-state index in [9.17, 15) is 9.59 Å². The van der Waals surface area contributed by atoms with Gasteiger partial charge in [-0.3, -0.25) is 9.59 Å². The summed E-state index contributed by atoms with van der Waals surface area (Å²) in [4.78, 5) is 24.8. The van der Waals surface area contributed by atoms with Gasteiger partial charge in [0.05, 0.1) is 12.0 Å². The highest BCUT2D eigenvalue weighted by Crippen LogP contribution is 2.72. The van der Waals surface area contributed by atoms with Crippen LogP contribution >= 0.6 is 0 Å². The Kier molecular flexibility index (Phi) is 6.29. The molecule has 7 fully saturated rings. The van der Waals surface area contributed by atoms with Crippen molar-refractivity contribution in [1.82, 2.24) is 0 Å². The van der Waals surface area contributed by atoms with Crippen LogP contribution in [0, 0.1) is 58.2 Å². The maximum atomic E-state index is 13.2. The van der Waals surface area contributed by atoms with Gasteiger partial charge in [0, 0.05) is 12.3 Å². The van der Waals surface area contributed by atoms with Crippen molar-refractivity contribution in [2.45, 2.75) is 124 Å². The highest BCUT2D eigenvalue weighted by molar-refractivity contribution is 5.76. The van der Waals surface area contributed by atoms with Gasteiger partial charge < -0.3 is 14.2 Å². The molecule has 3 saturated heterocycles. The fraction of sp³-hybridized carbons (Fsp3) is 0.935. The monoisotopic (exact) mass is 500 g/mol. The van der Waals surface area contributed by atoms with Crippen molar-refractivity contribution in [1.29, 1.82) is 0 Å². The minimum absolute atomic E-state index is 0.0349. The summed E-state index contributed by atoms with van der Waals surface area (Å²) >= 11 is 0. The SMILES string of the molecule is CCC(C[C@H]1O[C@@H]2OC(=O)[C@@H]1[C@H]1CC[C@H]3[C@@H]4CC[C@H]5C[C@H](OC(C)=O)CC[C@]5(C)[C@H]4CC[C@]213)C(C)C. The first-order chi connectivity index (χ1) is 17.2. The third-order valence-electron chi connectivity index (χ3n) is 12.7. The fourth-order valence-corrected chi connectivity index (χ4v) is 11.0. The van der Waals surface area contributed by atoms with E-state index in [0.29, 0.717) is 35.0 Å². The molecule has 7 aliphatic rings. The van der Waals surface area contributed by atoms with Gasteiger partial charge in [-0.1, -0.05) is 34.1 Å². The van der Waals surface area contributed by atoms with E-state index >= 15 is 0 Å². The van der Waals surface area contributed by atoms with Gasteiger partial charge in [-0.2, -0.15) is 0 Å². The molecule has 0 radical (unpaired) electrons. The van der Waals surface area contributed by atoms with Gasteiger partial charge in [-0.25, -0.2) is 0 Å². The van der Waals surface area contributed by atoms with Crippen LogP contribution in [0.25, 0.3) is 0 Å². The average Bonchev–Trinajstić information content (AvgIpc) is 3.24. The topological polar surface area (TPSA) is 61.8 Å². The van der Waals surface area contributed by atoms with Gasteiger partial charge in [-0.15, -0.1) is 0 Å². The van der Waals surface area contributed by atoms with E-state index in [0.717, 1.165) is 43.9 Å². The Hall–Kier alpha value is -1.10. The zero-order valence-corrected chi connectivity index (χ0v) is 23.2. The van der Waals surface area contributed by atoms with E-state index in [-0.39, 0.29) is 41.8 Å². The van der Waals surface area contributed by atoms with Gasteiger partial charge in [0.25, 0.3) is 0 Å². The Morgan fingerprint density at radius 3 is 2.56 bits per heavy atom. The predicted molar refractivity (Wildman–Crippen MR) is 137 cm³/mol. The highest BCUT2D eigenvalue weighted by Gasteiger charge is 2.72. The molecule has 3 heterocycles. The molecule has 4 aliphatic carbocycles. The Morgan fingerprint density at radius 2 is 1.83 bits per heavy atom. The Labute approximate surface area is 217 Å². The number of hydrogen-bond acceptors (Lipinski definition) is 5. The van der Waals surface area contributed by atoms with Crippen molar-refractivity contribution in [3.8, 4) is 0 Å². The number of rotatable bonds is 5. The van der Waals surface area contributed by atoms with Crippen molar-refractivity contribution in [3.05, 3.63) is 0 Å². The van der Waals surface area contributed by atoms with E-state index in [1.54, 1.807) is 6.92 Å². The van der Waals surface area contributed by atoms with E-state index in [1.807, 2.05) is 0 Å². The smallest absolute Gasteiger partial charge is 0.314 e. The van der Waals surface area contributed by atoms with Crippen LogP contribution in [-0.4, -0.2) is 30.4 Å². The number of fused-ring (bicyclic) bond motifs is 6. The molecule has 0 N–H and O–H groups in total. The lowest BCUT2D eigenvalue weighted by Gasteiger charge is -2.65. The maximum Gasteiger partial charge on any atom is 0.314 e. The molecule has 2 bridgehead atoms. The van der Waals surface area contributed by atoms with Crippen LogP contribution in [0.1, 0.15) is 105 Å². The second-order valence-corrected chi connectivity index (χ2v) is 14.1. The number of hydrogen-bond donors (Lipinski definition) is 0. The molecule has 3 aliphatic heterocycles. The largest absolute Gasteiger partial charge is 0.463 e. The van der Waals surface area contributed by atoms with Gasteiger partial charge in [0.1, 0.15) is 6.10 Å². The van der Waals surface area contributed by atoms with Crippen LogP contribution in [-0.2, 0) is 23.8 Å². The molecule has 0 aromatic rings. The summed E-state index contributed by atoms with van der Waals surface area (Å²) in [6.07, 6.45) is 12.5. The molecule has 7 rings (SSSR count). The molecule has 0 aromatic heterocycles. The summed E-state index contributed by atoms with van der Waals surface area (Å²) in [5.41, 5.74) is 0.395. The first-order valence-corrected chi connectivity index (χ1v) is 15.2. The minimum atomic E-state index is -0.326. The Morgan fingerprint density at radius 1 is 1.06 bits per heavy atom. The quantitative estimate of drug-likeness (QED) is 0.402. The summed E-state index contributed by atoms with van der Waals surface area (Å²) < 4.78 is 18.6. The molecular formula is C31H48O5. The van der Waals surface area contributed by atoms with Gasteiger partial charge in [0.2, 0.25) is 6.29 Å². The highest BCUT2D eigenvalue weighted by atomic mass is 16.7. The van der Waals surface area contributed by atoms with E-state index in [1.165, 1.54) is 38.5 Å². The summed E-state index contributed by atoms with van der Waals surface area (Å²) in [7, 11) is 0. The molecule has 0 aromatic carbocycles. The first kappa shape index (κ1) is 25.2. The van der Waals surface area contributed by atoms with Crippen molar-refractivity contribution < 1.29 is 23.8 Å². The van der Waals surface area contributed by atoms with E-state index in [4.69, 9.17) is 14.2 Å². The lowest BCUT2D eigenvalue weighted by atomic mass is 9.43. The summed E-state index contributed by atoms with van der Waals surface area (Å²) in [6.45, 7) is 11.0. The van der Waals surface area contributed by atoms with Crippen molar-refractivity contribution >= 4 is 11.9 Å². The van der Waals surface area contributed by atoms with Crippen molar-refractivity contribution in [2.24, 2.45) is 58.2 Å². The van der Waals surface area contributed by atoms with Crippen LogP contribution < -0.4 is 0 Å². The second kappa shape index (κ2) is 8.99. The molecule has 1 spiro atoms. The lowest BCUT2D eigenvalue weighted by Crippen LogP contribution is -2.67. The third-order valence-corrected chi connectivity index (χ3v) is 12.7. The molecule has 0 amide bonds. The first-order valence-electron chi connectivity index (χ1n) is 15.2. The third kappa shape index (κ3) is 3.57.